The Labute approximate surface area is 511 Å². The van der Waals surface area contributed by atoms with Crippen molar-refractivity contribution in [3.05, 3.63) is 0 Å². The highest BCUT2D eigenvalue weighted by molar-refractivity contribution is 7.47. The summed E-state index contributed by atoms with van der Waals surface area (Å²) in [6.07, 6.45) is 43.4. The Hall–Kier alpha value is -1.94. The molecule has 5 atom stereocenters. The van der Waals surface area contributed by atoms with Crippen LogP contribution in [0.3, 0.4) is 0 Å². The van der Waals surface area contributed by atoms with Crippen LogP contribution >= 0.6 is 15.6 Å². The van der Waals surface area contributed by atoms with Gasteiger partial charge in [0.2, 0.25) is 0 Å². The van der Waals surface area contributed by atoms with Crippen molar-refractivity contribution < 1.29 is 80.2 Å². The highest BCUT2D eigenvalue weighted by atomic mass is 31.2. The van der Waals surface area contributed by atoms with Gasteiger partial charge < -0.3 is 33.8 Å². The van der Waals surface area contributed by atoms with E-state index in [1.54, 1.807) is 0 Å². The summed E-state index contributed by atoms with van der Waals surface area (Å²) in [6.45, 7) is 7.10. The summed E-state index contributed by atoms with van der Waals surface area (Å²) in [6, 6.07) is 0. The SMILES string of the molecule is CCCCCCCCCCCCCCCCCCCCC(=O)O[C@H](COC(=O)CCCCCCCCCCC(C)C)COP(=O)(O)OC[C@@H](O)COP(=O)(O)OC[C@@H](COC(=O)CCCCCCCCC)OC(=O)CCCCCCCCCC. The topological polar surface area (TPSA) is 237 Å². The number of hydrogen-bond acceptors (Lipinski definition) is 15. The van der Waals surface area contributed by atoms with E-state index in [0.717, 1.165) is 115 Å². The van der Waals surface area contributed by atoms with Gasteiger partial charge in [-0.05, 0) is 31.6 Å². The smallest absolute Gasteiger partial charge is 0.462 e. The molecule has 0 aromatic rings. The van der Waals surface area contributed by atoms with Gasteiger partial charge in [-0.15, -0.1) is 0 Å². The summed E-state index contributed by atoms with van der Waals surface area (Å²) in [5.41, 5.74) is 0. The number of unbranched alkanes of at least 4 members (excludes halogenated alkanes) is 37. The molecule has 17 nitrogen and oxygen atoms in total. The van der Waals surface area contributed by atoms with E-state index in [4.69, 9.17) is 37.0 Å². The number of phosphoric ester groups is 2. The van der Waals surface area contributed by atoms with Crippen LogP contribution in [0.1, 0.15) is 330 Å². The van der Waals surface area contributed by atoms with Gasteiger partial charge in [-0.2, -0.15) is 0 Å². The molecule has 0 amide bonds. The lowest BCUT2D eigenvalue weighted by molar-refractivity contribution is -0.161. The van der Waals surface area contributed by atoms with Crippen molar-refractivity contribution in [1.82, 2.24) is 0 Å². The third-order valence-corrected chi connectivity index (χ3v) is 16.9. The quantitative estimate of drug-likeness (QED) is 0.0222. The molecule has 0 saturated carbocycles. The molecule has 0 saturated heterocycles. The number of rotatable bonds is 65. The second-order valence-corrected chi connectivity index (χ2v) is 26.9. The first-order valence-electron chi connectivity index (χ1n) is 34.1. The van der Waals surface area contributed by atoms with Gasteiger partial charge in [0.15, 0.2) is 12.2 Å². The Balaban J connectivity index is 5.15. The molecule has 0 rings (SSSR count). The fourth-order valence-electron chi connectivity index (χ4n) is 9.76. The lowest BCUT2D eigenvalue weighted by atomic mass is 10.0. The number of carbonyl (C=O) groups is 4. The first-order valence-corrected chi connectivity index (χ1v) is 37.1. The maximum absolute atomic E-state index is 13.0. The first kappa shape index (κ1) is 82.1. The molecule has 0 aliphatic rings. The van der Waals surface area contributed by atoms with Gasteiger partial charge in [0, 0.05) is 25.7 Å². The predicted molar refractivity (Wildman–Crippen MR) is 335 cm³/mol. The molecule has 84 heavy (non-hydrogen) atoms. The van der Waals surface area contributed by atoms with Gasteiger partial charge in [-0.1, -0.05) is 279 Å². The molecule has 3 N–H and O–H groups in total. The van der Waals surface area contributed by atoms with E-state index >= 15 is 0 Å². The molecule has 0 bridgehead atoms. The minimum absolute atomic E-state index is 0.105. The van der Waals surface area contributed by atoms with Crippen molar-refractivity contribution >= 4 is 39.5 Å². The standard InChI is InChI=1S/C65H126O17P2/c1-6-9-12-15-18-20-21-22-23-24-25-26-27-28-29-36-41-46-51-65(70)82-61(55-76-63(68)49-44-39-35-31-30-33-37-42-47-58(4)5)57-80-84(73,74)78-53-59(66)52-77-83(71,72)79-56-60(54-75-62(67)48-43-38-32-17-14-11-8-3)81-64(69)50-45-40-34-19-16-13-10-7-2/h58-61,66H,6-57H2,1-5H3,(H,71,72)(H,73,74)/t59-,60+,61+/m0/s1. The number of aliphatic hydroxyl groups excluding tert-OH is 1. The summed E-state index contributed by atoms with van der Waals surface area (Å²) in [4.78, 5) is 72.0. The number of aliphatic hydroxyl groups is 1. The zero-order chi connectivity index (χ0) is 62.0. The zero-order valence-corrected chi connectivity index (χ0v) is 55.8. The second-order valence-electron chi connectivity index (χ2n) is 24.0. The first-order chi connectivity index (χ1) is 40.5. The Morgan fingerprint density at radius 2 is 0.548 bits per heavy atom. The third kappa shape index (κ3) is 59.0. The minimum Gasteiger partial charge on any atom is -0.462 e. The number of carbonyl (C=O) groups excluding carboxylic acids is 4. The van der Waals surface area contributed by atoms with E-state index in [9.17, 15) is 43.2 Å². The molecule has 2 unspecified atom stereocenters. The molecule has 0 aliphatic carbocycles. The van der Waals surface area contributed by atoms with Crippen LogP contribution in [0.2, 0.25) is 0 Å². The van der Waals surface area contributed by atoms with Crippen LogP contribution in [0.4, 0.5) is 0 Å². The van der Waals surface area contributed by atoms with E-state index in [-0.39, 0.29) is 25.7 Å². The van der Waals surface area contributed by atoms with Crippen LogP contribution in [0.5, 0.6) is 0 Å². The maximum Gasteiger partial charge on any atom is 0.472 e. The van der Waals surface area contributed by atoms with Crippen LogP contribution < -0.4 is 0 Å². The summed E-state index contributed by atoms with van der Waals surface area (Å²) in [5.74, 6) is -1.41. The Kier molecular flexibility index (Phi) is 57.4. The molecular formula is C65H126O17P2. The monoisotopic (exact) mass is 1240 g/mol. The van der Waals surface area contributed by atoms with Crippen LogP contribution in [0.15, 0.2) is 0 Å². The van der Waals surface area contributed by atoms with Crippen molar-refractivity contribution in [2.24, 2.45) is 5.92 Å². The highest BCUT2D eigenvalue weighted by Gasteiger charge is 2.30. The van der Waals surface area contributed by atoms with Crippen molar-refractivity contribution in [2.45, 2.75) is 348 Å². The van der Waals surface area contributed by atoms with Gasteiger partial charge in [-0.25, -0.2) is 9.13 Å². The van der Waals surface area contributed by atoms with Crippen molar-refractivity contribution in [3.63, 3.8) is 0 Å². The van der Waals surface area contributed by atoms with E-state index in [0.29, 0.717) is 25.7 Å². The van der Waals surface area contributed by atoms with E-state index in [1.165, 1.54) is 135 Å². The van der Waals surface area contributed by atoms with Crippen molar-refractivity contribution in [3.8, 4) is 0 Å². The molecule has 0 aromatic carbocycles. The van der Waals surface area contributed by atoms with Crippen molar-refractivity contribution in [2.75, 3.05) is 39.6 Å². The summed E-state index contributed by atoms with van der Waals surface area (Å²) < 4.78 is 67.9. The lowest BCUT2D eigenvalue weighted by Crippen LogP contribution is -2.30. The third-order valence-electron chi connectivity index (χ3n) is 15.0. The Morgan fingerprint density at radius 3 is 0.810 bits per heavy atom. The average Bonchev–Trinajstić information content (AvgIpc) is 3.56. The Morgan fingerprint density at radius 1 is 0.321 bits per heavy atom. The van der Waals surface area contributed by atoms with Crippen LogP contribution in [0.25, 0.3) is 0 Å². The Bertz CT molecular complexity index is 1640. The van der Waals surface area contributed by atoms with Gasteiger partial charge in [0.25, 0.3) is 0 Å². The van der Waals surface area contributed by atoms with Gasteiger partial charge in [-0.3, -0.25) is 37.3 Å². The van der Waals surface area contributed by atoms with E-state index < -0.39 is 97.5 Å². The van der Waals surface area contributed by atoms with E-state index in [2.05, 4.69) is 34.6 Å². The van der Waals surface area contributed by atoms with Gasteiger partial charge in [0.1, 0.15) is 19.3 Å². The highest BCUT2D eigenvalue weighted by Crippen LogP contribution is 2.45. The van der Waals surface area contributed by atoms with Gasteiger partial charge in [0.05, 0.1) is 26.4 Å². The molecule has 0 spiro atoms. The molecule has 0 aromatic heterocycles. The predicted octanol–water partition coefficient (Wildman–Crippen LogP) is 18.2. The zero-order valence-electron chi connectivity index (χ0n) is 54.0. The molecular weight excluding hydrogens is 1110 g/mol. The number of ether oxygens (including phenoxy) is 4. The number of phosphoric acid groups is 2. The van der Waals surface area contributed by atoms with Crippen molar-refractivity contribution in [1.29, 1.82) is 0 Å². The summed E-state index contributed by atoms with van der Waals surface area (Å²) in [7, 11) is -9.88. The molecule has 19 heteroatoms. The molecule has 0 fully saturated rings. The van der Waals surface area contributed by atoms with Crippen LogP contribution in [-0.4, -0.2) is 96.7 Å². The normalized spacial score (nSPS) is 14.2. The largest absolute Gasteiger partial charge is 0.472 e. The summed E-state index contributed by atoms with van der Waals surface area (Å²) >= 11 is 0. The molecule has 0 heterocycles. The van der Waals surface area contributed by atoms with Crippen LogP contribution in [-0.2, 0) is 65.4 Å². The number of hydrogen-bond donors (Lipinski definition) is 3. The molecule has 0 aliphatic heterocycles. The second kappa shape index (κ2) is 58.7. The summed E-state index contributed by atoms with van der Waals surface area (Å²) in [5, 5.41) is 10.5. The lowest BCUT2D eigenvalue weighted by Gasteiger charge is -2.21. The van der Waals surface area contributed by atoms with Gasteiger partial charge >= 0.3 is 39.5 Å². The fourth-order valence-corrected chi connectivity index (χ4v) is 11.3. The number of esters is 4. The molecule has 498 valence electrons. The average molecular weight is 1240 g/mol. The maximum atomic E-state index is 13.0. The van der Waals surface area contributed by atoms with Crippen LogP contribution in [0, 0.1) is 5.92 Å². The van der Waals surface area contributed by atoms with E-state index in [1.807, 2.05) is 0 Å². The fraction of sp³-hybridized carbons (Fsp3) is 0.938. The minimum atomic E-state index is -4.94. The molecule has 0 radical (unpaired) electrons.